The molecule has 2 rings (SSSR count). The highest BCUT2D eigenvalue weighted by molar-refractivity contribution is 14.0. The summed E-state index contributed by atoms with van der Waals surface area (Å²) in [5, 5.41) is 3.27. The average molecular weight is 489 g/mol. The topological polar surface area (TPSA) is 83.2 Å². The van der Waals surface area contributed by atoms with Crippen LogP contribution in [0.25, 0.3) is 0 Å². The maximum absolute atomic E-state index is 11.7. The number of guanidine groups is 1. The number of carbonyl (C=O) groups excluding carboxylic acids is 1. The first kappa shape index (κ1) is 23.3. The first-order chi connectivity index (χ1) is 12.4. The Hall–Kier alpha value is -1.71. The highest BCUT2D eigenvalue weighted by atomic mass is 127. The van der Waals surface area contributed by atoms with Crippen LogP contribution in [0.1, 0.15) is 30.9 Å². The second-order valence-corrected chi connectivity index (χ2v) is 6.81. The molecule has 1 heterocycles. The molecule has 0 aliphatic carbocycles. The van der Waals surface area contributed by atoms with E-state index in [1.165, 1.54) is 11.3 Å². The molecule has 1 aromatic rings. The monoisotopic (exact) mass is 489 g/mol. The lowest BCUT2D eigenvalue weighted by molar-refractivity contribution is 0.0963. The molecule has 7 nitrogen and oxygen atoms in total. The molecule has 3 N–H and O–H groups in total. The minimum absolute atomic E-state index is 0. The predicted molar refractivity (Wildman–Crippen MR) is 121 cm³/mol. The normalized spacial score (nSPS) is 15.1. The van der Waals surface area contributed by atoms with Crippen LogP contribution in [0.5, 0.6) is 0 Å². The van der Waals surface area contributed by atoms with Crippen LogP contribution in [0.2, 0.25) is 0 Å². The Morgan fingerprint density at radius 1 is 1.37 bits per heavy atom. The quantitative estimate of drug-likeness (QED) is 0.378. The molecule has 1 aliphatic heterocycles. The van der Waals surface area contributed by atoms with Crippen molar-refractivity contribution in [3.63, 3.8) is 0 Å². The molecule has 1 fully saturated rings. The van der Waals surface area contributed by atoms with E-state index in [9.17, 15) is 4.79 Å². The first-order valence-electron chi connectivity index (χ1n) is 9.15. The highest BCUT2D eigenvalue weighted by Gasteiger charge is 2.23. The highest BCUT2D eigenvalue weighted by Crippen LogP contribution is 2.18. The third-order valence-electron chi connectivity index (χ3n) is 4.64. The number of amides is 1. The van der Waals surface area contributed by atoms with Crippen LogP contribution in [0.4, 0.5) is 10.5 Å². The third-order valence-corrected chi connectivity index (χ3v) is 4.64. The van der Waals surface area contributed by atoms with E-state index in [1.807, 2.05) is 21.0 Å². The summed E-state index contributed by atoms with van der Waals surface area (Å²) in [6.07, 6.45) is 1.45. The van der Waals surface area contributed by atoms with E-state index in [-0.39, 0.29) is 36.1 Å². The molecule has 0 unspecified atom stereocenters. The SMILES string of the molecule is CCOC(=O)N1CCC(NC(N)=NCc2ccc(N(C)C)cc2C)CC1.I. The molecule has 0 bridgehead atoms. The van der Waals surface area contributed by atoms with E-state index in [4.69, 9.17) is 10.5 Å². The Balaban J connectivity index is 0.00000364. The fourth-order valence-corrected chi connectivity index (χ4v) is 2.98. The molecule has 1 aliphatic rings. The number of piperidine rings is 1. The molecule has 1 aromatic carbocycles. The minimum atomic E-state index is -0.232. The molecular weight excluding hydrogens is 457 g/mol. The van der Waals surface area contributed by atoms with E-state index in [1.54, 1.807) is 4.90 Å². The predicted octanol–water partition coefficient (Wildman–Crippen LogP) is 2.70. The molecule has 0 aromatic heterocycles. The van der Waals surface area contributed by atoms with Crippen LogP contribution in [0.15, 0.2) is 23.2 Å². The summed E-state index contributed by atoms with van der Waals surface area (Å²) in [7, 11) is 4.06. The number of hydrogen-bond donors (Lipinski definition) is 2. The molecule has 0 atom stereocenters. The Morgan fingerprint density at radius 3 is 2.59 bits per heavy atom. The van der Waals surface area contributed by atoms with Crippen molar-refractivity contribution in [2.24, 2.45) is 10.7 Å². The number of aliphatic imine (C=N–C) groups is 1. The van der Waals surface area contributed by atoms with Gasteiger partial charge in [0.25, 0.3) is 0 Å². The molecule has 0 spiro atoms. The standard InChI is InChI=1S/C19H31N5O2.HI/c1-5-26-19(25)24-10-8-16(9-11-24)22-18(20)21-13-15-6-7-17(23(3)4)12-14(15)2;/h6-7,12,16H,5,8-11,13H2,1-4H3,(H3,20,21,22);1H. The van der Waals surface area contributed by atoms with Crippen molar-refractivity contribution >= 4 is 41.7 Å². The number of halogens is 1. The number of benzene rings is 1. The third kappa shape index (κ3) is 7.08. The van der Waals surface area contributed by atoms with E-state index < -0.39 is 0 Å². The van der Waals surface area contributed by atoms with Gasteiger partial charge in [-0.15, -0.1) is 24.0 Å². The molecular formula is C19H32IN5O2. The number of rotatable bonds is 5. The summed E-state index contributed by atoms with van der Waals surface area (Å²) in [4.78, 5) is 20.0. The maximum Gasteiger partial charge on any atom is 0.409 e. The number of anilines is 1. The Labute approximate surface area is 179 Å². The molecule has 0 saturated carbocycles. The van der Waals surface area contributed by atoms with Gasteiger partial charge in [-0.3, -0.25) is 0 Å². The number of carbonyl (C=O) groups is 1. The van der Waals surface area contributed by atoms with E-state index in [0.29, 0.717) is 32.2 Å². The lowest BCUT2D eigenvalue weighted by Gasteiger charge is -2.31. The van der Waals surface area contributed by atoms with Gasteiger partial charge in [0, 0.05) is 38.9 Å². The minimum Gasteiger partial charge on any atom is -0.450 e. The summed E-state index contributed by atoms with van der Waals surface area (Å²) < 4.78 is 5.03. The maximum atomic E-state index is 11.7. The average Bonchev–Trinajstić information content (AvgIpc) is 2.61. The van der Waals surface area contributed by atoms with Gasteiger partial charge in [-0.1, -0.05) is 6.07 Å². The Kier molecular flexibility index (Phi) is 9.68. The van der Waals surface area contributed by atoms with Gasteiger partial charge in [0.15, 0.2) is 5.96 Å². The van der Waals surface area contributed by atoms with Gasteiger partial charge in [0.1, 0.15) is 0 Å². The van der Waals surface area contributed by atoms with Crippen LogP contribution < -0.4 is 16.0 Å². The molecule has 1 saturated heterocycles. The second kappa shape index (κ2) is 11.2. The summed E-state index contributed by atoms with van der Waals surface area (Å²) in [5.41, 5.74) is 9.59. The number of nitrogens with two attached hydrogens (primary N) is 1. The number of ether oxygens (including phenoxy) is 1. The van der Waals surface area contributed by atoms with Gasteiger partial charge in [-0.05, 0) is 49.9 Å². The van der Waals surface area contributed by atoms with Crippen LogP contribution in [-0.4, -0.2) is 56.8 Å². The number of hydrogen-bond acceptors (Lipinski definition) is 4. The number of nitrogens with zero attached hydrogens (tertiary/aromatic N) is 3. The van der Waals surface area contributed by atoms with Crippen LogP contribution in [0, 0.1) is 6.92 Å². The first-order valence-corrected chi connectivity index (χ1v) is 9.15. The number of likely N-dealkylation sites (tertiary alicyclic amines) is 1. The molecule has 152 valence electrons. The number of nitrogens with one attached hydrogen (secondary N) is 1. The van der Waals surface area contributed by atoms with Gasteiger partial charge in [-0.25, -0.2) is 9.79 Å². The zero-order valence-corrected chi connectivity index (χ0v) is 19.0. The summed E-state index contributed by atoms with van der Waals surface area (Å²) >= 11 is 0. The molecule has 27 heavy (non-hydrogen) atoms. The lowest BCUT2D eigenvalue weighted by Crippen LogP contribution is -2.48. The van der Waals surface area contributed by atoms with Gasteiger partial charge >= 0.3 is 6.09 Å². The van der Waals surface area contributed by atoms with Crippen molar-refractivity contribution in [2.45, 2.75) is 39.3 Å². The lowest BCUT2D eigenvalue weighted by atomic mass is 10.1. The van der Waals surface area contributed by atoms with Crippen molar-refractivity contribution in [1.29, 1.82) is 0 Å². The van der Waals surface area contributed by atoms with Gasteiger partial charge < -0.3 is 25.6 Å². The van der Waals surface area contributed by atoms with E-state index in [2.05, 4.69) is 40.3 Å². The fraction of sp³-hybridized carbons (Fsp3) is 0.579. The fourth-order valence-electron chi connectivity index (χ4n) is 2.98. The van der Waals surface area contributed by atoms with Crippen LogP contribution >= 0.6 is 24.0 Å². The van der Waals surface area contributed by atoms with Crippen molar-refractivity contribution in [1.82, 2.24) is 10.2 Å². The van der Waals surface area contributed by atoms with Gasteiger partial charge in [-0.2, -0.15) is 0 Å². The van der Waals surface area contributed by atoms with Gasteiger partial charge in [0.05, 0.1) is 13.2 Å². The summed E-state index contributed by atoms with van der Waals surface area (Å²) in [6, 6.07) is 6.58. The molecule has 0 radical (unpaired) electrons. The van der Waals surface area contributed by atoms with Crippen molar-refractivity contribution < 1.29 is 9.53 Å². The zero-order valence-electron chi connectivity index (χ0n) is 16.7. The number of aryl methyl sites for hydroxylation is 1. The Morgan fingerprint density at radius 2 is 2.04 bits per heavy atom. The molecule has 8 heteroatoms. The van der Waals surface area contributed by atoms with E-state index >= 15 is 0 Å². The Bertz CT molecular complexity index is 643. The summed E-state index contributed by atoms with van der Waals surface area (Å²) in [6.45, 7) is 6.22. The summed E-state index contributed by atoms with van der Waals surface area (Å²) in [5.74, 6) is 0.454. The smallest absolute Gasteiger partial charge is 0.409 e. The second-order valence-electron chi connectivity index (χ2n) is 6.81. The van der Waals surface area contributed by atoms with Crippen LogP contribution in [-0.2, 0) is 11.3 Å². The zero-order chi connectivity index (χ0) is 19.1. The van der Waals surface area contributed by atoms with Crippen LogP contribution in [0.3, 0.4) is 0 Å². The van der Waals surface area contributed by atoms with Crippen molar-refractivity contribution in [3.8, 4) is 0 Å². The largest absolute Gasteiger partial charge is 0.450 e. The van der Waals surface area contributed by atoms with Crippen molar-refractivity contribution in [3.05, 3.63) is 29.3 Å². The van der Waals surface area contributed by atoms with E-state index in [0.717, 1.165) is 18.4 Å². The van der Waals surface area contributed by atoms with Gasteiger partial charge in [0.2, 0.25) is 0 Å². The van der Waals surface area contributed by atoms with Crippen molar-refractivity contribution in [2.75, 3.05) is 38.7 Å². The molecule has 1 amide bonds.